The summed E-state index contributed by atoms with van der Waals surface area (Å²) in [5, 5.41) is 1.12. The van der Waals surface area contributed by atoms with Crippen molar-refractivity contribution in [2.75, 3.05) is 20.8 Å². The van der Waals surface area contributed by atoms with Crippen molar-refractivity contribution in [1.82, 2.24) is 0 Å². The van der Waals surface area contributed by atoms with Crippen molar-refractivity contribution < 1.29 is 23.8 Å². The standard InChI is InChI=1S/C22H20Cl2O5/c1-14(21(25)27-2)20(16-6-10-19(24)11-7-16)29-13-17(22(26)28-3)12-15-4-8-18(23)9-5-15/h4-12,20H,1,13H2,2-3H3/b17-12+. The lowest BCUT2D eigenvalue weighted by Crippen LogP contribution is -2.18. The van der Waals surface area contributed by atoms with Gasteiger partial charge in [-0.25, -0.2) is 9.59 Å². The van der Waals surface area contributed by atoms with Crippen molar-refractivity contribution in [1.29, 1.82) is 0 Å². The van der Waals surface area contributed by atoms with Crippen molar-refractivity contribution in [2.45, 2.75) is 6.10 Å². The van der Waals surface area contributed by atoms with Gasteiger partial charge in [-0.1, -0.05) is 54.0 Å². The van der Waals surface area contributed by atoms with Crippen molar-refractivity contribution in [2.24, 2.45) is 0 Å². The Balaban J connectivity index is 2.30. The second-order valence-corrected chi connectivity index (χ2v) is 6.84. The van der Waals surface area contributed by atoms with Crippen LogP contribution in [0.2, 0.25) is 10.0 Å². The highest BCUT2D eigenvalue weighted by Crippen LogP contribution is 2.28. The predicted octanol–water partition coefficient (Wildman–Crippen LogP) is 5.04. The van der Waals surface area contributed by atoms with E-state index < -0.39 is 18.0 Å². The molecule has 1 atom stereocenters. The lowest BCUT2D eigenvalue weighted by molar-refractivity contribution is -0.137. The molecular formula is C22H20Cl2O5. The first-order valence-electron chi connectivity index (χ1n) is 8.54. The van der Waals surface area contributed by atoms with E-state index in [0.717, 1.165) is 5.56 Å². The fourth-order valence-corrected chi connectivity index (χ4v) is 2.75. The van der Waals surface area contributed by atoms with E-state index in [0.29, 0.717) is 15.6 Å². The largest absolute Gasteiger partial charge is 0.466 e. The molecule has 0 aliphatic heterocycles. The van der Waals surface area contributed by atoms with E-state index in [4.69, 9.17) is 37.4 Å². The van der Waals surface area contributed by atoms with Crippen LogP contribution in [0.25, 0.3) is 6.08 Å². The van der Waals surface area contributed by atoms with Gasteiger partial charge >= 0.3 is 11.9 Å². The predicted molar refractivity (Wildman–Crippen MR) is 113 cm³/mol. The van der Waals surface area contributed by atoms with Gasteiger partial charge in [0.15, 0.2) is 0 Å². The zero-order valence-corrected chi connectivity index (χ0v) is 17.5. The second-order valence-electron chi connectivity index (χ2n) is 5.97. The van der Waals surface area contributed by atoms with E-state index in [-0.39, 0.29) is 17.8 Å². The summed E-state index contributed by atoms with van der Waals surface area (Å²) in [7, 11) is 2.54. The Morgan fingerprint density at radius 2 is 1.45 bits per heavy atom. The minimum absolute atomic E-state index is 0.0885. The maximum atomic E-state index is 12.2. The summed E-state index contributed by atoms with van der Waals surface area (Å²) >= 11 is 11.8. The Morgan fingerprint density at radius 3 is 1.97 bits per heavy atom. The van der Waals surface area contributed by atoms with Gasteiger partial charge in [0.1, 0.15) is 6.10 Å². The fraction of sp³-hybridized carbons (Fsp3) is 0.182. The molecule has 5 nitrogen and oxygen atoms in total. The topological polar surface area (TPSA) is 61.8 Å². The maximum Gasteiger partial charge on any atom is 0.336 e. The zero-order chi connectivity index (χ0) is 21.4. The summed E-state index contributed by atoms with van der Waals surface area (Å²) in [4.78, 5) is 24.2. The van der Waals surface area contributed by atoms with E-state index in [9.17, 15) is 9.59 Å². The first-order chi connectivity index (χ1) is 13.8. The number of esters is 2. The molecule has 0 saturated carbocycles. The van der Waals surface area contributed by atoms with Crippen molar-refractivity contribution in [3.05, 3.63) is 87.4 Å². The van der Waals surface area contributed by atoms with Crippen LogP contribution in [0.4, 0.5) is 0 Å². The van der Waals surface area contributed by atoms with Gasteiger partial charge in [-0.2, -0.15) is 0 Å². The summed E-state index contributed by atoms with van der Waals surface area (Å²) in [6.45, 7) is 3.65. The van der Waals surface area contributed by atoms with Crippen LogP contribution in [0.3, 0.4) is 0 Å². The van der Waals surface area contributed by atoms with Gasteiger partial charge in [0.2, 0.25) is 0 Å². The SMILES string of the molecule is C=C(C(=O)OC)C(OC/C(=C\c1ccc(Cl)cc1)C(=O)OC)c1ccc(Cl)cc1. The quantitative estimate of drug-likeness (QED) is 0.430. The van der Waals surface area contributed by atoms with Crippen LogP contribution in [0.1, 0.15) is 17.2 Å². The lowest BCUT2D eigenvalue weighted by atomic mass is 10.0. The molecule has 1 unspecified atom stereocenters. The monoisotopic (exact) mass is 434 g/mol. The molecule has 0 radical (unpaired) electrons. The average Bonchev–Trinajstić information content (AvgIpc) is 2.74. The Hall–Kier alpha value is -2.60. The van der Waals surface area contributed by atoms with Crippen LogP contribution in [0.5, 0.6) is 0 Å². The first kappa shape index (κ1) is 22.7. The molecule has 152 valence electrons. The molecule has 0 fully saturated rings. The van der Waals surface area contributed by atoms with E-state index >= 15 is 0 Å². The average molecular weight is 435 g/mol. The van der Waals surface area contributed by atoms with Crippen molar-refractivity contribution >= 4 is 41.2 Å². The zero-order valence-electron chi connectivity index (χ0n) is 16.0. The van der Waals surface area contributed by atoms with Gasteiger partial charge in [-0.15, -0.1) is 0 Å². The van der Waals surface area contributed by atoms with Crippen LogP contribution in [0, 0.1) is 0 Å². The summed E-state index contributed by atoms with van der Waals surface area (Å²) in [6, 6.07) is 13.7. The van der Waals surface area contributed by atoms with Crippen LogP contribution in [-0.2, 0) is 23.8 Å². The molecule has 0 spiro atoms. The van der Waals surface area contributed by atoms with E-state index in [1.807, 2.05) is 0 Å². The molecule has 2 rings (SSSR count). The van der Waals surface area contributed by atoms with E-state index in [1.54, 1.807) is 54.6 Å². The highest BCUT2D eigenvalue weighted by Gasteiger charge is 2.24. The first-order valence-corrected chi connectivity index (χ1v) is 9.30. The molecule has 0 aliphatic rings. The second kappa shape index (κ2) is 10.8. The number of carbonyl (C=O) groups is 2. The maximum absolute atomic E-state index is 12.2. The molecule has 2 aromatic rings. The molecule has 0 saturated heterocycles. The molecular weight excluding hydrogens is 415 g/mol. The number of halogens is 2. The van der Waals surface area contributed by atoms with Crippen LogP contribution in [-0.4, -0.2) is 32.8 Å². The highest BCUT2D eigenvalue weighted by atomic mass is 35.5. The molecule has 29 heavy (non-hydrogen) atoms. The molecule has 7 heteroatoms. The van der Waals surface area contributed by atoms with Crippen molar-refractivity contribution in [3.63, 3.8) is 0 Å². The number of carbonyl (C=O) groups excluding carboxylic acids is 2. The van der Waals surface area contributed by atoms with Gasteiger partial charge < -0.3 is 14.2 Å². The smallest absolute Gasteiger partial charge is 0.336 e. The normalized spacial score (nSPS) is 12.2. The van der Waals surface area contributed by atoms with Crippen LogP contribution >= 0.6 is 23.2 Å². The number of ether oxygens (including phenoxy) is 3. The van der Waals surface area contributed by atoms with Gasteiger partial charge in [-0.3, -0.25) is 0 Å². The van der Waals surface area contributed by atoms with E-state index in [2.05, 4.69) is 6.58 Å². The molecule has 0 aliphatic carbocycles. The number of benzene rings is 2. The number of hydrogen-bond donors (Lipinski definition) is 0. The highest BCUT2D eigenvalue weighted by molar-refractivity contribution is 6.30. The van der Waals surface area contributed by atoms with Gasteiger partial charge in [-0.05, 0) is 41.5 Å². The summed E-state index contributed by atoms with van der Waals surface area (Å²) < 4.78 is 15.5. The van der Waals surface area contributed by atoms with Gasteiger partial charge in [0.25, 0.3) is 0 Å². The van der Waals surface area contributed by atoms with Crippen LogP contribution in [0.15, 0.2) is 66.3 Å². The van der Waals surface area contributed by atoms with Gasteiger partial charge in [0.05, 0.1) is 32.0 Å². The van der Waals surface area contributed by atoms with Crippen LogP contribution < -0.4 is 0 Å². The third-order valence-corrected chi connectivity index (χ3v) is 4.50. The Labute approximate surface area is 179 Å². The third kappa shape index (κ3) is 6.46. The fourth-order valence-electron chi connectivity index (χ4n) is 2.50. The number of rotatable bonds is 8. The Bertz CT molecular complexity index is 902. The molecule has 2 aromatic carbocycles. The molecule has 0 bridgehead atoms. The Morgan fingerprint density at radius 1 is 0.931 bits per heavy atom. The molecule has 0 amide bonds. The van der Waals surface area contributed by atoms with Crippen molar-refractivity contribution in [3.8, 4) is 0 Å². The van der Waals surface area contributed by atoms with Gasteiger partial charge in [0, 0.05) is 10.0 Å². The number of methoxy groups -OCH3 is 2. The van der Waals surface area contributed by atoms with E-state index in [1.165, 1.54) is 14.2 Å². The minimum Gasteiger partial charge on any atom is -0.466 e. The minimum atomic E-state index is -0.835. The molecule has 0 heterocycles. The lowest BCUT2D eigenvalue weighted by Gasteiger charge is -2.20. The molecule has 0 N–H and O–H groups in total. The summed E-state index contributed by atoms with van der Waals surface area (Å²) in [6.07, 6.45) is 0.792. The Kier molecular flexibility index (Phi) is 8.46. The summed E-state index contributed by atoms with van der Waals surface area (Å²) in [5.74, 6) is -1.18. The number of hydrogen-bond acceptors (Lipinski definition) is 5. The third-order valence-electron chi connectivity index (χ3n) is 4.00. The molecule has 0 aromatic heterocycles. The summed E-state index contributed by atoms with van der Waals surface area (Å²) in [5.41, 5.74) is 1.73.